The molecule has 0 aliphatic heterocycles. The van der Waals surface area contributed by atoms with E-state index < -0.39 is 11.7 Å². The summed E-state index contributed by atoms with van der Waals surface area (Å²) in [5, 5.41) is 13.6. The molecule has 0 aliphatic rings. The quantitative estimate of drug-likeness (QED) is 0.677. The fourth-order valence-electron chi connectivity index (χ4n) is 1.95. The zero-order valence-corrected chi connectivity index (χ0v) is 14.8. The lowest BCUT2D eigenvalue weighted by molar-refractivity contribution is -0.118. The molecule has 3 aromatic rings. The van der Waals surface area contributed by atoms with Gasteiger partial charge in [0.15, 0.2) is 6.61 Å². The fourth-order valence-corrected chi connectivity index (χ4v) is 2.47. The molecule has 10 heteroatoms. The second-order valence-electron chi connectivity index (χ2n) is 4.83. The van der Waals surface area contributed by atoms with Crippen LogP contribution in [0.4, 0.5) is 10.1 Å². The summed E-state index contributed by atoms with van der Waals surface area (Å²) >= 11 is 9.17. The van der Waals surface area contributed by atoms with E-state index in [4.69, 9.17) is 16.3 Å². The first-order valence-electron chi connectivity index (χ1n) is 6.93. The van der Waals surface area contributed by atoms with Crippen molar-refractivity contribution in [3.63, 3.8) is 0 Å². The zero-order valence-electron chi connectivity index (χ0n) is 12.5. The number of amides is 1. The van der Waals surface area contributed by atoms with Crippen LogP contribution in [-0.2, 0) is 4.79 Å². The number of hydrogen-bond donors (Lipinski definition) is 1. The van der Waals surface area contributed by atoms with E-state index in [1.54, 1.807) is 18.2 Å². The Kier molecular flexibility index (Phi) is 5.25. The highest BCUT2D eigenvalue weighted by Gasteiger charge is 2.11. The first kappa shape index (κ1) is 17.3. The van der Waals surface area contributed by atoms with Gasteiger partial charge in [-0.3, -0.25) is 4.79 Å². The van der Waals surface area contributed by atoms with Crippen molar-refractivity contribution < 1.29 is 13.9 Å². The number of carbonyl (C=O) groups excluding carboxylic acids is 1. The maximum absolute atomic E-state index is 13.9. The predicted octanol–water partition coefficient (Wildman–Crippen LogP) is 3.23. The molecule has 0 aliphatic carbocycles. The van der Waals surface area contributed by atoms with Crippen LogP contribution in [0.3, 0.4) is 0 Å². The lowest BCUT2D eigenvalue weighted by Crippen LogP contribution is -2.21. The number of hydrogen-bond acceptors (Lipinski definition) is 5. The van der Waals surface area contributed by atoms with Gasteiger partial charge in [-0.25, -0.2) is 9.07 Å². The lowest BCUT2D eigenvalue weighted by Gasteiger charge is -2.10. The Morgan fingerprint density at radius 2 is 2.16 bits per heavy atom. The minimum Gasteiger partial charge on any atom is -0.483 e. The molecule has 7 nitrogen and oxygen atoms in total. The van der Waals surface area contributed by atoms with E-state index in [1.807, 2.05) is 0 Å². The molecule has 3 rings (SSSR count). The third-order valence-corrected chi connectivity index (χ3v) is 3.98. The molecule has 1 heterocycles. The number of benzene rings is 2. The summed E-state index contributed by atoms with van der Waals surface area (Å²) in [6.07, 6.45) is 1.36. The Labute approximate surface area is 154 Å². The van der Waals surface area contributed by atoms with Gasteiger partial charge in [-0.1, -0.05) is 11.6 Å². The van der Waals surface area contributed by atoms with Crippen LogP contribution in [0, 0.1) is 5.82 Å². The van der Waals surface area contributed by atoms with Gasteiger partial charge in [0.1, 0.15) is 17.9 Å². The topological polar surface area (TPSA) is 81.9 Å². The summed E-state index contributed by atoms with van der Waals surface area (Å²) in [4.78, 5) is 12.0. The van der Waals surface area contributed by atoms with Crippen molar-refractivity contribution >= 4 is 39.1 Å². The molecule has 1 amide bonds. The van der Waals surface area contributed by atoms with Gasteiger partial charge in [0.2, 0.25) is 0 Å². The van der Waals surface area contributed by atoms with Crippen molar-refractivity contribution in [2.24, 2.45) is 0 Å². The highest BCUT2D eigenvalue weighted by Crippen LogP contribution is 2.28. The normalized spacial score (nSPS) is 10.5. The van der Waals surface area contributed by atoms with E-state index in [0.29, 0.717) is 20.9 Å². The third kappa shape index (κ3) is 4.31. The van der Waals surface area contributed by atoms with Crippen molar-refractivity contribution in [1.82, 2.24) is 20.2 Å². The molecule has 1 aromatic heterocycles. The Balaban J connectivity index is 1.68. The summed E-state index contributed by atoms with van der Waals surface area (Å²) in [6.45, 7) is -0.312. The summed E-state index contributed by atoms with van der Waals surface area (Å²) in [5.74, 6) is -0.709. The number of tetrazole rings is 1. The van der Waals surface area contributed by atoms with Crippen LogP contribution < -0.4 is 10.1 Å². The first-order chi connectivity index (χ1) is 12.0. The molecule has 25 heavy (non-hydrogen) atoms. The number of aromatic nitrogens is 4. The van der Waals surface area contributed by atoms with Crippen LogP contribution in [0.1, 0.15) is 0 Å². The van der Waals surface area contributed by atoms with Gasteiger partial charge in [-0.2, -0.15) is 0 Å². The van der Waals surface area contributed by atoms with Crippen molar-refractivity contribution in [2.45, 2.75) is 0 Å². The van der Waals surface area contributed by atoms with Crippen LogP contribution in [0.2, 0.25) is 5.02 Å². The zero-order chi connectivity index (χ0) is 17.8. The highest BCUT2D eigenvalue weighted by atomic mass is 79.9. The van der Waals surface area contributed by atoms with Crippen LogP contribution in [0.15, 0.2) is 47.2 Å². The molecule has 0 radical (unpaired) electrons. The second-order valence-corrected chi connectivity index (χ2v) is 6.12. The van der Waals surface area contributed by atoms with Crippen LogP contribution in [0.5, 0.6) is 5.75 Å². The Morgan fingerprint density at radius 3 is 2.92 bits per heavy atom. The SMILES string of the molecule is O=C(COc1cc(Cl)ccc1Br)Nc1cc(-n2cnnn2)ccc1F. The van der Waals surface area contributed by atoms with Crippen LogP contribution >= 0.6 is 27.5 Å². The summed E-state index contributed by atoms with van der Waals surface area (Å²) in [7, 11) is 0. The van der Waals surface area contributed by atoms with Gasteiger partial charge < -0.3 is 10.1 Å². The summed E-state index contributed by atoms with van der Waals surface area (Å²) in [6, 6.07) is 9.06. The fraction of sp³-hybridized carbons (Fsp3) is 0.0667. The molecule has 0 unspecified atom stereocenters. The summed E-state index contributed by atoms with van der Waals surface area (Å²) < 4.78 is 21.3. The molecule has 0 bridgehead atoms. The lowest BCUT2D eigenvalue weighted by atomic mass is 10.2. The van der Waals surface area contributed by atoms with E-state index in [2.05, 4.69) is 36.8 Å². The summed E-state index contributed by atoms with van der Waals surface area (Å²) in [5.41, 5.74) is 0.493. The van der Waals surface area contributed by atoms with E-state index in [9.17, 15) is 9.18 Å². The monoisotopic (exact) mass is 425 g/mol. The van der Waals surface area contributed by atoms with Crippen LogP contribution in [0.25, 0.3) is 5.69 Å². The van der Waals surface area contributed by atoms with Crippen molar-refractivity contribution in [1.29, 1.82) is 0 Å². The molecule has 0 saturated heterocycles. The Hall–Kier alpha value is -2.52. The van der Waals surface area contributed by atoms with Crippen molar-refractivity contribution in [3.05, 3.63) is 58.0 Å². The van der Waals surface area contributed by atoms with Gasteiger partial charge in [0, 0.05) is 5.02 Å². The molecule has 1 N–H and O–H groups in total. The van der Waals surface area contributed by atoms with E-state index in [-0.39, 0.29) is 12.3 Å². The van der Waals surface area contributed by atoms with Gasteiger partial charge in [-0.15, -0.1) is 5.10 Å². The minimum absolute atomic E-state index is 0.00763. The molecule has 0 saturated carbocycles. The van der Waals surface area contributed by atoms with E-state index >= 15 is 0 Å². The maximum atomic E-state index is 13.9. The molecule has 0 spiro atoms. The van der Waals surface area contributed by atoms with Crippen molar-refractivity contribution in [2.75, 3.05) is 11.9 Å². The number of carbonyl (C=O) groups is 1. The van der Waals surface area contributed by atoms with E-state index in [0.717, 1.165) is 0 Å². The Bertz CT molecular complexity index is 907. The van der Waals surface area contributed by atoms with Gasteiger partial charge in [0.05, 0.1) is 15.8 Å². The predicted molar refractivity (Wildman–Crippen MR) is 92.4 cm³/mol. The average molecular weight is 427 g/mol. The number of anilines is 1. The van der Waals surface area contributed by atoms with Crippen molar-refractivity contribution in [3.8, 4) is 11.4 Å². The molecule has 0 fully saturated rings. The number of nitrogens with zero attached hydrogens (tertiary/aromatic N) is 4. The van der Waals surface area contributed by atoms with Gasteiger partial charge in [0.25, 0.3) is 5.91 Å². The standard InChI is InChI=1S/C15H10BrClFN5O2/c16-11-3-1-9(17)5-14(11)25-7-15(24)20-13-6-10(2-4-12(13)18)23-8-19-21-22-23/h1-6,8H,7H2,(H,20,24). The van der Waals surface area contributed by atoms with Crippen LogP contribution in [-0.4, -0.2) is 32.7 Å². The molecular weight excluding hydrogens is 417 g/mol. The molecular formula is C15H10BrClFN5O2. The molecule has 2 aromatic carbocycles. The number of halogens is 3. The van der Waals surface area contributed by atoms with E-state index in [1.165, 1.54) is 29.2 Å². The number of rotatable bonds is 5. The van der Waals surface area contributed by atoms with Gasteiger partial charge in [-0.05, 0) is 62.8 Å². The number of ether oxygens (including phenoxy) is 1. The second kappa shape index (κ2) is 7.58. The number of nitrogens with one attached hydrogen (secondary N) is 1. The highest BCUT2D eigenvalue weighted by molar-refractivity contribution is 9.10. The average Bonchev–Trinajstić information content (AvgIpc) is 3.12. The third-order valence-electron chi connectivity index (χ3n) is 3.09. The van der Waals surface area contributed by atoms with Gasteiger partial charge >= 0.3 is 0 Å². The maximum Gasteiger partial charge on any atom is 0.262 e. The molecule has 128 valence electrons. The largest absolute Gasteiger partial charge is 0.483 e. The Morgan fingerprint density at radius 1 is 1.32 bits per heavy atom. The minimum atomic E-state index is -0.589. The first-order valence-corrected chi connectivity index (χ1v) is 8.10. The smallest absolute Gasteiger partial charge is 0.262 e. The molecule has 0 atom stereocenters.